The first-order valence-corrected chi connectivity index (χ1v) is 9.12. The molecule has 0 atom stereocenters. The molecule has 0 radical (unpaired) electrons. The first-order chi connectivity index (χ1) is 9.51. The van der Waals surface area contributed by atoms with E-state index in [4.69, 9.17) is 11.6 Å². The molecule has 3 nitrogen and oxygen atoms in total. The average Bonchev–Trinajstić information content (AvgIpc) is 2.48. The lowest BCUT2D eigenvalue weighted by Gasteiger charge is -2.25. The SMILES string of the molecule is CCC(CC)CN(CC)S(=O)(=O)c1ccccc1CCl. The van der Waals surface area contributed by atoms with E-state index in [-0.39, 0.29) is 5.88 Å². The fraction of sp³-hybridized carbons (Fsp3) is 0.600. The standard InChI is InChI=1S/C15H24ClNO2S/c1-4-13(5-2)12-17(6-3)20(18,19)15-10-8-7-9-14(15)11-16/h7-10,13H,4-6,11-12H2,1-3H3. The second-order valence-electron chi connectivity index (χ2n) is 4.88. The minimum absolute atomic E-state index is 0.206. The van der Waals surface area contributed by atoms with Gasteiger partial charge in [-0.15, -0.1) is 11.6 Å². The third-order valence-electron chi connectivity index (χ3n) is 3.70. The van der Waals surface area contributed by atoms with Gasteiger partial charge in [-0.3, -0.25) is 0 Å². The van der Waals surface area contributed by atoms with Crippen LogP contribution in [0.4, 0.5) is 0 Å². The topological polar surface area (TPSA) is 37.4 Å². The fourth-order valence-electron chi connectivity index (χ4n) is 2.24. The van der Waals surface area contributed by atoms with Crippen LogP contribution >= 0.6 is 11.6 Å². The van der Waals surface area contributed by atoms with E-state index >= 15 is 0 Å². The molecule has 1 rings (SSSR count). The molecule has 0 heterocycles. The summed E-state index contributed by atoms with van der Waals surface area (Å²) in [5.41, 5.74) is 0.664. The van der Waals surface area contributed by atoms with E-state index in [0.717, 1.165) is 12.8 Å². The van der Waals surface area contributed by atoms with Crippen molar-refractivity contribution in [3.8, 4) is 0 Å². The van der Waals surface area contributed by atoms with Crippen LogP contribution in [0.5, 0.6) is 0 Å². The minimum atomic E-state index is -3.46. The van der Waals surface area contributed by atoms with Crippen molar-refractivity contribution in [3.63, 3.8) is 0 Å². The van der Waals surface area contributed by atoms with Crippen molar-refractivity contribution < 1.29 is 8.42 Å². The molecule has 114 valence electrons. The molecule has 0 spiro atoms. The predicted molar refractivity (Wildman–Crippen MR) is 84.5 cm³/mol. The first-order valence-electron chi connectivity index (χ1n) is 7.15. The summed E-state index contributed by atoms with van der Waals surface area (Å²) in [6.45, 7) is 7.13. The minimum Gasteiger partial charge on any atom is -0.207 e. The van der Waals surface area contributed by atoms with Crippen LogP contribution in [0.15, 0.2) is 29.2 Å². The molecule has 0 aliphatic rings. The lowest BCUT2D eigenvalue weighted by molar-refractivity contribution is 0.339. The van der Waals surface area contributed by atoms with Crippen LogP contribution in [-0.4, -0.2) is 25.8 Å². The molecule has 0 amide bonds. The Labute approximate surface area is 128 Å². The largest absolute Gasteiger partial charge is 0.243 e. The van der Waals surface area contributed by atoms with Gasteiger partial charge in [0, 0.05) is 19.0 Å². The molecule has 0 saturated heterocycles. The van der Waals surface area contributed by atoms with Crippen molar-refractivity contribution in [1.29, 1.82) is 0 Å². The van der Waals surface area contributed by atoms with E-state index < -0.39 is 10.0 Å². The molecule has 0 aliphatic heterocycles. The summed E-state index contributed by atoms with van der Waals surface area (Å²) in [4.78, 5) is 0.336. The molecule has 0 unspecified atom stereocenters. The quantitative estimate of drug-likeness (QED) is 0.682. The van der Waals surface area contributed by atoms with Crippen LogP contribution in [-0.2, 0) is 15.9 Å². The van der Waals surface area contributed by atoms with Crippen molar-refractivity contribution in [3.05, 3.63) is 29.8 Å². The predicted octanol–water partition coefficient (Wildman–Crippen LogP) is 3.87. The monoisotopic (exact) mass is 317 g/mol. The van der Waals surface area contributed by atoms with Crippen LogP contribution in [0.1, 0.15) is 39.2 Å². The van der Waals surface area contributed by atoms with Crippen molar-refractivity contribution in [2.75, 3.05) is 13.1 Å². The Bertz CT molecular complexity index is 512. The van der Waals surface area contributed by atoms with Gasteiger partial charge in [0.25, 0.3) is 0 Å². The molecule has 20 heavy (non-hydrogen) atoms. The summed E-state index contributed by atoms with van der Waals surface area (Å²) in [6.07, 6.45) is 1.97. The Balaban J connectivity index is 3.12. The van der Waals surface area contributed by atoms with Gasteiger partial charge in [0.1, 0.15) is 0 Å². The van der Waals surface area contributed by atoms with Gasteiger partial charge in [-0.25, -0.2) is 8.42 Å². The van der Waals surface area contributed by atoms with Gasteiger partial charge in [0.2, 0.25) is 10.0 Å². The molecule has 5 heteroatoms. The Morgan fingerprint density at radius 3 is 2.25 bits per heavy atom. The highest BCUT2D eigenvalue weighted by molar-refractivity contribution is 7.89. The molecule has 0 saturated carbocycles. The molecular formula is C15H24ClNO2S. The number of sulfonamides is 1. The highest BCUT2D eigenvalue weighted by Gasteiger charge is 2.26. The number of benzene rings is 1. The molecule has 0 bridgehead atoms. The zero-order valence-corrected chi connectivity index (χ0v) is 14.0. The van der Waals surface area contributed by atoms with Crippen LogP contribution in [0.3, 0.4) is 0 Å². The highest BCUT2D eigenvalue weighted by atomic mass is 35.5. The van der Waals surface area contributed by atoms with Crippen LogP contribution in [0.25, 0.3) is 0 Å². The van der Waals surface area contributed by atoms with Gasteiger partial charge in [-0.1, -0.05) is 51.8 Å². The van der Waals surface area contributed by atoms with Crippen molar-refractivity contribution in [2.45, 2.75) is 44.4 Å². The number of hydrogen-bond donors (Lipinski definition) is 0. The van der Waals surface area contributed by atoms with Crippen molar-refractivity contribution in [1.82, 2.24) is 4.31 Å². The molecule has 1 aromatic carbocycles. The Kier molecular flexibility index (Phi) is 7.00. The number of nitrogens with zero attached hydrogens (tertiary/aromatic N) is 1. The summed E-state index contributed by atoms with van der Waals surface area (Å²) < 4.78 is 27.1. The molecule has 0 fully saturated rings. The Hall–Kier alpha value is -0.580. The smallest absolute Gasteiger partial charge is 0.207 e. The first kappa shape index (κ1) is 17.5. The van der Waals surface area contributed by atoms with E-state index in [2.05, 4.69) is 13.8 Å². The van der Waals surface area contributed by atoms with Gasteiger partial charge in [0.05, 0.1) is 4.90 Å². The second kappa shape index (κ2) is 8.01. The van der Waals surface area contributed by atoms with Gasteiger partial charge < -0.3 is 0 Å². The number of hydrogen-bond acceptors (Lipinski definition) is 2. The average molecular weight is 318 g/mol. The number of halogens is 1. The van der Waals surface area contributed by atoms with Crippen LogP contribution in [0, 0.1) is 5.92 Å². The van der Waals surface area contributed by atoms with Crippen molar-refractivity contribution in [2.24, 2.45) is 5.92 Å². The summed E-state index contributed by atoms with van der Waals surface area (Å²) >= 11 is 5.86. The number of alkyl halides is 1. The van der Waals surface area contributed by atoms with E-state index in [1.807, 2.05) is 13.0 Å². The number of rotatable bonds is 8. The maximum atomic E-state index is 12.8. The zero-order valence-electron chi connectivity index (χ0n) is 12.5. The van der Waals surface area contributed by atoms with E-state index in [0.29, 0.717) is 29.5 Å². The lowest BCUT2D eigenvalue weighted by Crippen LogP contribution is -2.35. The summed E-state index contributed by atoms with van der Waals surface area (Å²) in [5.74, 6) is 0.602. The summed E-state index contributed by atoms with van der Waals surface area (Å²) in [5, 5.41) is 0. The molecule has 1 aromatic rings. The van der Waals surface area contributed by atoms with Gasteiger partial charge in [-0.2, -0.15) is 4.31 Å². The van der Waals surface area contributed by atoms with E-state index in [1.165, 1.54) is 0 Å². The Morgan fingerprint density at radius 1 is 1.15 bits per heavy atom. The molecule has 0 N–H and O–H groups in total. The maximum absolute atomic E-state index is 12.8. The molecular weight excluding hydrogens is 294 g/mol. The van der Waals surface area contributed by atoms with E-state index in [9.17, 15) is 8.42 Å². The second-order valence-corrected chi connectivity index (χ2v) is 7.05. The fourth-order valence-corrected chi connectivity index (χ4v) is 4.30. The lowest BCUT2D eigenvalue weighted by atomic mass is 10.0. The maximum Gasteiger partial charge on any atom is 0.243 e. The molecule has 0 aliphatic carbocycles. The van der Waals surface area contributed by atoms with Crippen LogP contribution in [0.2, 0.25) is 0 Å². The van der Waals surface area contributed by atoms with Gasteiger partial charge in [-0.05, 0) is 17.5 Å². The summed E-state index contributed by atoms with van der Waals surface area (Å²) in [7, 11) is -3.46. The Morgan fingerprint density at radius 2 is 1.75 bits per heavy atom. The molecule has 0 aromatic heterocycles. The van der Waals surface area contributed by atoms with Gasteiger partial charge in [0.15, 0.2) is 0 Å². The normalized spacial score (nSPS) is 12.3. The van der Waals surface area contributed by atoms with Crippen LogP contribution < -0.4 is 0 Å². The highest BCUT2D eigenvalue weighted by Crippen LogP contribution is 2.23. The zero-order chi connectivity index (χ0) is 15.2. The van der Waals surface area contributed by atoms with E-state index in [1.54, 1.807) is 22.5 Å². The third kappa shape index (κ3) is 3.96. The van der Waals surface area contributed by atoms with Crippen molar-refractivity contribution >= 4 is 21.6 Å². The third-order valence-corrected chi connectivity index (χ3v) is 6.03. The van der Waals surface area contributed by atoms with Gasteiger partial charge >= 0.3 is 0 Å². The summed E-state index contributed by atoms with van der Waals surface area (Å²) in [6, 6.07) is 6.97.